The topological polar surface area (TPSA) is 43.7 Å². The van der Waals surface area contributed by atoms with Crippen LogP contribution in [0.4, 0.5) is 4.39 Å². The van der Waals surface area contributed by atoms with E-state index in [-0.39, 0.29) is 5.82 Å². The van der Waals surface area contributed by atoms with E-state index in [0.29, 0.717) is 46.8 Å². The Morgan fingerprint density at radius 1 is 1.07 bits per heavy atom. The summed E-state index contributed by atoms with van der Waals surface area (Å²) in [6.45, 7) is 2.16. The van der Waals surface area contributed by atoms with Crippen molar-refractivity contribution in [2.75, 3.05) is 19.6 Å². The zero-order valence-electron chi connectivity index (χ0n) is 14.8. The van der Waals surface area contributed by atoms with Crippen molar-refractivity contribution in [2.24, 2.45) is 11.8 Å². The molecule has 4 rings (SSSR count). The van der Waals surface area contributed by atoms with Crippen LogP contribution in [0.1, 0.15) is 30.1 Å². The number of β-amino-alcohol motifs (C(OH)–C–C–N with tert-alkyl or cyclic N) is 1. The van der Waals surface area contributed by atoms with Crippen molar-refractivity contribution in [3.05, 3.63) is 69.5 Å². The van der Waals surface area contributed by atoms with Gasteiger partial charge in [-0.2, -0.15) is 0 Å². The third kappa shape index (κ3) is 3.87. The van der Waals surface area contributed by atoms with Crippen molar-refractivity contribution < 1.29 is 14.6 Å². The van der Waals surface area contributed by atoms with Gasteiger partial charge in [0.2, 0.25) is 0 Å². The number of aliphatic hydroxyl groups excluding tert-OH is 1. The average Bonchev–Trinajstić information content (AvgIpc) is 3.10. The van der Waals surface area contributed by atoms with Crippen LogP contribution in [-0.4, -0.2) is 34.7 Å². The van der Waals surface area contributed by atoms with Crippen molar-refractivity contribution in [3.63, 3.8) is 0 Å². The largest absolute Gasteiger partial charge is 0.387 e. The molecule has 3 nitrogen and oxygen atoms in total. The molecule has 1 saturated carbocycles. The zero-order valence-corrected chi connectivity index (χ0v) is 16.3. The molecule has 1 aliphatic heterocycles. The number of halogens is 3. The number of hydrogen-bond acceptors (Lipinski definition) is 3. The molecule has 0 aromatic heterocycles. The van der Waals surface area contributed by atoms with Gasteiger partial charge in [0.05, 0.1) is 11.7 Å². The van der Waals surface area contributed by atoms with Crippen LogP contribution >= 0.6 is 23.2 Å². The minimum atomic E-state index is -0.882. The Kier molecular flexibility index (Phi) is 5.21. The number of fused-ring (bicyclic) bond motifs is 1. The van der Waals surface area contributed by atoms with Crippen LogP contribution in [0, 0.1) is 17.7 Å². The Balaban J connectivity index is 1.39. The predicted octanol–water partition coefficient (Wildman–Crippen LogP) is 4.40. The molecule has 27 heavy (non-hydrogen) atoms. The molecule has 4 atom stereocenters. The van der Waals surface area contributed by atoms with E-state index in [1.165, 1.54) is 12.1 Å². The molecule has 2 aliphatic rings. The van der Waals surface area contributed by atoms with E-state index in [2.05, 4.69) is 4.90 Å². The van der Waals surface area contributed by atoms with Crippen molar-refractivity contribution in [3.8, 4) is 0 Å². The summed E-state index contributed by atoms with van der Waals surface area (Å²) in [4.78, 5) is 2.23. The average molecular weight is 410 g/mol. The lowest BCUT2D eigenvalue weighted by molar-refractivity contribution is 0.0288. The van der Waals surface area contributed by atoms with E-state index < -0.39 is 11.7 Å². The Morgan fingerprint density at radius 2 is 1.70 bits per heavy atom. The molecule has 1 aliphatic carbocycles. The maximum Gasteiger partial charge on any atom is 0.123 e. The first kappa shape index (κ1) is 19.2. The van der Waals surface area contributed by atoms with Crippen LogP contribution in [0.25, 0.3) is 0 Å². The summed E-state index contributed by atoms with van der Waals surface area (Å²) in [5.41, 5.74) is 0.589. The van der Waals surface area contributed by atoms with Gasteiger partial charge in [-0.15, -0.1) is 0 Å². The third-order valence-corrected chi connectivity index (χ3v) is 6.55. The molecule has 2 aromatic rings. The fourth-order valence-electron chi connectivity index (χ4n) is 4.71. The van der Waals surface area contributed by atoms with Gasteiger partial charge in [0, 0.05) is 35.2 Å². The minimum absolute atomic E-state index is 0.290. The van der Waals surface area contributed by atoms with E-state index in [0.717, 1.165) is 18.7 Å². The molecule has 1 saturated heterocycles. The lowest BCUT2D eigenvalue weighted by atomic mass is 9.90. The second kappa shape index (κ2) is 7.34. The van der Waals surface area contributed by atoms with E-state index in [4.69, 9.17) is 23.2 Å². The van der Waals surface area contributed by atoms with Crippen LogP contribution < -0.4 is 0 Å². The smallest absolute Gasteiger partial charge is 0.123 e. The third-order valence-electron chi connectivity index (χ3n) is 5.99. The van der Waals surface area contributed by atoms with Gasteiger partial charge in [0.25, 0.3) is 0 Å². The summed E-state index contributed by atoms with van der Waals surface area (Å²) in [5.74, 6) is 0.447. The first-order valence-electron chi connectivity index (χ1n) is 9.18. The summed E-state index contributed by atoms with van der Waals surface area (Å²) in [6, 6.07) is 11.3. The highest BCUT2D eigenvalue weighted by molar-refractivity contribution is 6.35. The number of benzene rings is 2. The summed E-state index contributed by atoms with van der Waals surface area (Å²) in [5, 5.41) is 22.6. The summed E-state index contributed by atoms with van der Waals surface area (Å²) < 4.78 is 13.2. The molecule has 2 aromatic carbocycles. The summed E-state index contributed by atoms with van der Waals surface area (Å²) in [6.07, 6.45) is 0.652. The Morgan fingerprint density at radius 3 is 2.30 bits per heavy atom. The lowest BCUT2D eigenvalue weighted by Gasteiger charge is -2.27. The second-order valence-electron chi connectivity index (χ2n) is 7.87. The van der Waals surface area contributed by atoms with Crippen LogP contribution in [0.3, 0.4) is 0 Å². The van der Waals surface area contributed by atoms with Crippen molar-refractivity contribution >= 4 is 23.2 Å². The Bertz CT molecular complexity index is 815. The van der Waals surface area contributed by atoms with Gasteiger partial charge in [-0.05, 0) is 54.5 Å². The molecule has 2 fully saturated rings. The number of likely N-dealkylation sites (tertiary alicyclic amines) is 1. The fourth-order valence-corrected chi connectivity index (χ4v) is 5.24. The van der Waals surface area contributed by atoms with Crippen LogP contribution in [0.15, 0.2) is 42.5 Å². The molecular formula is C21H22Cl2FNO2. The molecule has 2 N–H and O–H groups in total. The monoisotopic (exact) mass is 409 g/mol. The highest BCUT2D eigenvalue weighted by atomic mass is 35.5. The SMILES string of the molecule is OC(CN1C[C@@H]2C[C@@](O)(c3ccc(F)cc3)C[C@@H]2C1)c1ccc(Cl)cc1Cl. The van der Waals surface area contributed by atoms with Gasteiger partial charge >= 0.3 is 0 Å². The molecule has 0 bridgehead atoms. The van der Waals surface area contributed by atoms with Gasteiger partial charge in [0.15, 0.2) is 0 Å². The van der Waals surface area contributed by atoms with Crippen molar-refractivity contribution in [1.82, 2.24) is 4.90 Å². The molecule has 1 unspecified atom stereocenters. The Hall–Kier alpha value is -1.17. The lowest BCUT2D eigenvalue weighted by Crippen LogP contribution is -2.31. The molecule has 0 spiro atoms. The van der Waals surface area contributed by atoms with Gasteiger partial charge in [-0.25, -0.2) is 4.39 Å². The van der Waals surface area contributed by atoms with Crippen LogP contribution in [0.5, 0.6) is 0 Å². The maximum absolute atomic E-state index is 13.2. The molecule has 1 heterocycles. The number of aliphatic hydroxyl groups is 2. The quantitative estimate of drug-likeness (QED) is 0.786. The summed E-state index contributed by atoms with van der Waals surface area (Å²) >= 11 is 12.1. The molecule has 144 valence electrons. The van der Waals surface area contributed by atoms with Crippen molar-refractivity contribution in [2.45, 2.75) is 24.5 Å². The van der Waals surface area contributed by atoms with Gasteiger partial charge in [0.1, 0.15) is 5.82 Å². The highest BCUT2D eigenvalue weighted by Gasteiger charge is 2.49. The first-order chi connectivity index (χ1) is 12.8. The molecule has 0 radical (unpaired) electrons. The molecular weight excluding hydrogens is 388 g/mol. The normalized spacial score (nSPS) is 29.1. The fraction of sp³-hybridized carbons (Fsp3) is 0.429. The predicted molar refractivity (Wildman–Crippen MR) is 104 cm³/mol. The van der Waals surface area contributed by atoms with Crippen LogP contribution in [-0.2, 0) is 5.60 Å². The van der Waals surface area contributed by atoms with Crippen molar-refractivity contribution in [1.29, 1.82) is 0 Å². The number of nitrogens with zero attached hydrogens (tertiary/aromatic N) is 1. The minimum Gasteiger partial charge on any atom is -0.387 e. The van der Waals surface area contributed by atoms with E-state index in [1.54, 1.807) is 30.3 Å². The van der Waals surface area contributed by atoms with Gasteiger partial charge < -0.3 is 10.2 Å². The van der Waals surface area contributed by atoms with E-state index in [1.807, 2.05) is 0 Å². The number of hydrogen-bond donors (Lipinski definition) is 2. The first-order valence-corrected chi connectivity index (χ1v) is 9.93. The molecule has 0 amide bonds. The van der Waals surface area contributed by atoms with Crippen LogP contribution in [0.2, 0.25) is 10.0 Å². The Labute approximate surface area is 168 Å². The van der Waals surface area contributed by atoms with E-state index >= 15 is 0 Å². The second-order valence-corrected chi connectivity index (χ2v) is 8.71. The standard InChI is InChI=1S/C21H22Cl2FNO2/c22-16-3-6-18(19(23)7-16)20(26)12-25-10-13-8-21(27,9-14(13)11-25)15-1-4-17(24)5-2-15/h1-7,13-14,20,26-27H,8-12H2/t13-,14+,20?,21-. The number of rotatable bonds is 4. The highest BCUT2D eigenvalue weighted by Crippen LogP contribution is 2.49. The van der Waals surface area contributed by atoms with E-state index in [9.17, 15) is 14.6 Å². The molecule has 6 heteroatoms. The maximum atomic E-state index is 13.2. The summed E-state index contributed by atoms with van der Waals surface area (Å²) in [7, 11) is 0. The van der Waals surface area contributed by atoms with Gasteiger partial charge in [-0.3, -0.25) is 4.90 Å². The van der Waals surface area contributed by atoms with Gasteiger partial charge in [-0.1, -0.05) is 41.4 Å². The zero-order chi connectivity index (χ0) is 19.2.